The number of aryl methyl sites for hydroxylation is 2. The summed E-state index contributed by atoms with van der Waals surface area (Å²) in [5.41, 5.74) is 3.18. The summed E-state index contributed by atoms with van der Waals surface area (Å²) in [6.07, 6.45) is 0. The van der Waals surface area contributed by atoms with E-state index < -0.39 is 0 Å². The summed E-state index contributed by atoms with van der Waals surface area (Å²) in [6.45, 7) is 3.97. The van der Waals surface area contributed by atoms with Crippen LogP contribution in [0.15, 0.2) is 36.4 Å². The first kappa shape index (κ1) is 15.8. The number of nitrogens with zero attached hydrogens (tertiary/aromatic N) is 1. The number of carbonyl (C=O) groups is 1. The number of hydrogen-bond donors (Lipinski definition) is 1. The average Bonchev–Trinajstić information content (AvgIpc) is 2.95. The third kappa shape index (κ3) is 3.63. The number of nitrogens with one attached hydrogen (secondary N) is 1. The van der Waals surface area contributed by atoms with Crippen LogP contribution in [0.5, 0.6) is 5.75 Å². The lowest BCUT2D eigenvalue weighted by Gasteiger charge is -2.05. The third-order valence-corrected chi connectivity index (χ3v) is 4.73. The van der Waals surface area contributed by atoms with E-state index >= 15 is 0 Å². The van der Waals surface area contributed by atoms with Gasteiger partial charge < -0.3 is 4.74 Å². The molecular formula is C17H15ClN2O2S. The van der Waals surface area contributed by atoms with Gasteiger partial charge in [-0.1, -0.05) is 35.1 Å². The van der Waals surface area contributed by atoms with E-state index in [1.807, 2.05) is 19.9 Å². The number of anilines is 1. The molecule has 1 heterocycles. The quantitative estimate of drug-likeness (QED) is 0.752. The zero-order valence-electron chi connectivity index (χ0n) is 12.7. The highest BCUT2D eigenvalue weighted by atomic mass is 35.5. The topological polar surface area (TPSA) is 51.2 Å². The number of halogens is 1. The second-order valence-electron chi connectivity index (χ2n) is 5.19. The van der Waals surface area contributed by atoms with Gasteiger partial charge in [-0.2, -0.15) is 0 Å². The van der Waals surface area contributed by atoms with E-state index in [1.54, 1.807) is 24.3 Å². The van der Waals surface area contributed by atoms with Crippen LogP contribution in [0.25, 0.3) is 10.2 Å². The highest BCUT2D eigenvalue weighted by Crippen LogP contribution is 2.30. The molecule has 0 aliphatic rings. The standard InChI is InChI=1S/C17H15ClN2O2S/c1-10-3-4-11(2)16-15(10)20-17(23-16)19-14(21)9-22-13-7-5-12(18)6-8-13/h3-8H,9H2,1-2H3,(H,19,20,21). The molecule has 0 fully saturated rings. The second kappa shape index (κ2) is 6.56. The molecule has 6 heteroatoms. The molecule has 0 unspecified atom stereocenters. The molecule has 23 heavy (non-hydrogen) atoms. The van der Waals surface area contributed by atoms with Crippen LogP contribution in [0.4, 0.5) is 5.13 Å². The van der Waals surface area contributed by atoms with E-state index in [2.05, 4.69) is 16.4 Å². The van der Waals surface area contributed by atoms with Crippen molar-refractivity contribution < 1.29 is 9.53 Å². The lowest BCUT2D eigenvalue weighted by Crippen LogP contribution is -2.19. The Morgan fingerprint density at radius 3 is 2.57 bits per heavy atom. The Balaban J connectivity index is 1.67. The molecule has 0 saturated carbocycles. The van der Waals surface area contributed by atoms with Crippen molar-refractivity contribution in [2.24, 2.45) is 0 Å². The van der Waals surface area contributed by atoms with Crippen LogP contribution in [0, 0.1) is 13.8 Å². The van der Waals surface area contributed by atoms with Gasteiger partial charge in [-0.15, -0.1) is 0 Å². The number of fused-ring (bicyclic) bond motifs is 1. The molecular weight excluding hydrogens is 332 g/mol. The number of benzene rings is 2. The maximum absolute atomic E-state index is 12.0. The minimum Gasteiger partial charge on any atom is -0.484 e. The van der Waals surface area contributed by atoms with Crippen molar-refractivity contribution >= 4 is 44.2 Å². The van der Waals surface area contributed by atoms with Gasteiger partial charge in [0, 0.05) is 5.02 Å². The molecule has 1 amide bonds. The van der Waals surface area contributed by atoms with Crippen molar-refractivity contribution in [2.75, 3.05) is 11.9 Å². The number of carbonyl (C=O) groups excluding carboxylic acids is 1. The van der Waals surface area contributed by atoms with E-state index in [-0.39, 0.29) is 12.5 Å². The fourth-order valence-corrected chi connectivity index (χ4v) is 3.30. The molecule has 3 rings (SSSR count). The van der Waals surface area contributed by atoms with Crippen LogP contribution in [0.2, 0.25) is 5.02 Å². The summed E-state index contributed by atoms with van der Waals surface area (Å²) in [5, 5.41) is 4.00. The molecule has 0 bridgehead atoms. The first-order valence-corrected chi connectivity index (χ1v) is 8.27. The molecule has 4 nitrogen and oxygen atoms in total. The summed E-state index contributed by atoms with van der Waals surface area (Å²) >= 11 is 7.28. The van der Waals surface area contributed by atoms with Gasteiger partial charge in [0.1, 0.15) is 5.75 Å². The van der Waals surface area contributed by atoms with Crippen LogP contribution in [0.3, 0.4) is 0 Å². The Bertz CT molecular complexity index is 820. The molecule has 1 aromatic heterocycles. The molecule has 0 aliphatic heterocycles. The second-order valence-corrected chi connectivity index (χ2v) is 6.62. The van der Waals surface area contributed by atoms with E-state index in [0.29, 0.717) is 15.9 Å². The maximum Gasteiger partial charge on any atom is 0.264 e. The highest BCUT2D eigenvalue weighted by Gasteiger charge is 2.11. The fraction of sp³-hybridized carbons (Fsp3) is 0.176. The summed E-state index contributed by atoms with van der Waals surface area (Å²) in [6, 6.07) is 11.0. The zero-order valence-corrected chi connectivity index (χ0v) is 14.3. The molecule has 0 spiro atoms. The minimum absolute atomic E-state index is 0.0739. The monoisotopic (exact) mass is 346 g/mol. The third-order valence-electron chi connectivity index (χ3n) is 3.37. The number of amides is 1. The highest BCUT2D eigenvalue weighted by molar-refractivity contribution is 7.22. The van der Waals surface area contributed by atoms with Crippen LogP contribution < -0.4 is 10.1 Å². The summed E-state index contributed by atoms with van der Waals surface area (Å²) < 4.78 is 6.52. The lowest BCUT2D eigenvalue weighted by molar-refractivity contribution is -0.118. The largest absolute Gasteiger partial charge is 0.484 e. The van der Waals surface area contributed by atoms with E-state index in [0.717, 1.165) is 21.3 Å². The van der Waals surface area contributed by atoms with Gasteiger partial charge in [-0.25, -0.2) is 4.98 Å². The number of ether oxygens (including phenoxy) is 1. The Morgan fingerprint density at radius 1 is 1.17 bits per heavy atom. The molecule has 2 aromatic carbocycles. The van der Waals surface area contributed by atoms with Crippen molar-refractivity contribution in [1.29, 1.82) is 0 Å². The smallest absolute Gasteiger partial charge is 0.264 e. The van der Waals surface area contributed by atoms with Gasteiger partial charge in [0.05, 0.1) is 10.2 Å². The summed E-state index contributed by atoms with van der Waals surface area (Å²) in [5.74, 6) is 0.356. The fourth-order valence-electron chi connectivity index (χ4n) is 2.15. The maximum atomic E-state index is 12.0. The Labute approximate surface area is 143 Å². The summed E-state index contributed by atoms with van der Waals surface area (Å²) in [7, 11) is 0. The molecule has 1 N–H and O–H groups in total. The molecule has 3 aromatic rings. The van der Waals surface area contributed by atoms with Gasteiger partial charge in [0.25, 0.3) is 5.91 Å². The number of rotatable bonds is 4. The van der Waals surface area contributed by atoms with E-state index in [4.69, 9.17) is 16.3 Å². The zero-order chi connectivity index (χ0) is 16.4. The first-order chi connectivity index (χ1) is 11.0. The predicted molar refractivity (Wildman–Crippen MR) is 94.7 cm³/mol. The van der Waals surface area contributed by atoms with Crippen molar-refractivity contribution in [3.8, 4) is 5.75 Å². The van der Waals surface area contributed by atoms with Gasteiger partial charge in [0.2, 0.25) is 0 Å². The molecule has 118 valence electrons. The number of thiazole rings is 1. The van der Waals surface area contributed by atoms with Gasteiger partial charge in [-0.05, 0) is 49.2 Å². The van der Waals surface area contributed by atoms with Crippen molar-refractivity contribution in [2.45, 2.75) is 13.8 Å². The Morgan fingerprint density at radius 2 is 1.87 bits per heavy atom. The summed E-state index contributed by atoms with van der Waals surface area (Å²) in [4.78, 5) is 16.5. The van der Waals surface area contributed by atoms with Crippen LogP contribution >= 0.6 is 22.9 Å². The first-order valence-electron chi connectivity index (χ1n) is 7.08. The van der Waals surface area contributed by atoms with E-state index in [1.165, 1.54) is 11.3 Å². The van der Waals surface area contributed by atoms with Gasteiger partial charge >= 0.3 is 0 Å². The number of hydrogen-bond acceptors (Lipinski definition) is 4. The normalized spacial score (nSPS) is 10.7. The predicted octanol–water partition coefficient (Wildman–Crippen LogP) is 4.58. The van der Waals surface area contributed by atoms with Crippen molar-refractivity contribution in [3.63, 3.8) is 0 Å². The van der Waals surface area contributed by atoms with Crippen molar-refractivity contribution in [3.05, 3.63) is 52.5 Å². The van der Waals surface area contributed by atoms with Crippen LogP contribution in [-0.4, -0.2) is 17.5 Å². The SMILES string of the molecule is Cc1ccc(C)c2sc(NC(=O)COc3ccc(Cl)cc3)nc12. The number of aromatic nitrogens is 1. The molecule has 0 atom stereocenters. The molecule has 0 radical (unpaired) electrons. The Hall–Kier alpha value is -2.11. The Kier molecular flexibility index (Phi) is 4.50. The molecule has 0 aliphatic carbocycles. The van der Waals surface area contributed by atoms with Crippen molar-refractivity contribution in [1.82, 2.24) is 4.98 Å². The average molecular weight is 347 g/mol. The molecule has 0 saturated heterocycles. The lowest BCUT2D eigenvalue weighted by atomic mass is 10.1. The minimum atomic E-state index is -0.241. The van der Waals surface area contributed by atoms with Crippen LogP contribution in [0.1, 0.15) is 11.1 Å². The van der Waals surface area contributed by atoms with E-state index in [9.17, 15) is 4.79 Å². The van der Waals surface area contributed by atoms with Gasteiger partial charge in [-0.3, -0.25) is 10.1 Å². The van der Waals surface area contributed by atoms with Gasteiger partial charge in [0.15, 0.2) is 11.7 Å². The van der Waals surface area contributed by atoms with Crippen LogP contribution in [-0.2, 0) is 4.79 Å².